The largest absolute Gasteiger partial charge is 0.480 e. The second-order valence-electron chi connectivity index (χ2n) is 7.30. The lowest BCUT2D eigenvalue weighted by molar-refractivity contribution is -0.139. The number of carbonyl (C=O) groups is 2. The SMILES string of the molecule is O=C(O)C1=C2c3cc4ccccc4n3C=C3NC(C(=O)O)CC3C2CC=C1. The highest BCUT2D eigenvalue weighted by Crippen LogP contribution is 2.48. The lowest BCUT2D eigenvalue weighted by Gasteiger charge is -2.27. The van der Waals surface area contributed by atoms with Gasteiger partial charge in [-0.25, -0.2) is 9.59 Å². The molecule has 3 atom stereocenters. The Hall–Kier alpha value is -3.28. The molecule has 1 saturated heterocycles. The van der Waals surface area contributed by atoms with E-state index in [1.165, 1.54) is 0 Å². The van der Waals surface area contributed by atoms with Crippen LogP contribution in [0.15, 0.2) is 53.8 Å². The normalized spacial score (nSPS) is 25.9. The van der Waals surface area contributed by atoms with Crippen molar-refractivity contribution >= 4 is 34.6 Å². The molecule has 3 heterocycles. The Kier molecular flexibility index (Phi) is 3.31. The highest BCUT2D eigenvalue weighted by Gasteiger charge is 2.43. The molecule has 0 radical (unpaired) electrons. The first kappa shape index (κ1) is 15.9. The van der Waals surface area contributed by atoms with E-state index in [1.54, 1.807) is 6.08 Å². The third-order valence-corrected chi connectivity index (χ3v) is 5.87. The van der Waals surface area contributed by atoms with Gasteiger partial charge in [0.25, 0.3) is 0 Å². The van der Waals surface area contributed by atoms with Crippen LogP contribution in [0.5, 0.6) is 0 Å². The molecule has 0 amide bonds. The lowest BCUT2D eigenvalue weighted by atomic mass is 9.75. The number of aromatic nitrogens is 1. The van der Waals surface area contributed by atoms with Gasteiger partial charge in [0.1, 0.15) is 6.04 Å². The van der Waals surface area contributed by atoms with Crippen LogP contribution in [0.1, 0.15) is 18.5 Å². The number of nitrogens with one attached hydrogen (secondary N) is 1. The van der Waals surface area contributed by atoms with Gasteiger partial charge in [-0.15, -0.1) is 0 Å². The average molecular weight is 362 g/mol. The predicted molar refractivity (Wildman–Crippen MR) is 101 cm³/mol. The Morgan fingerprint density at radius 3 is 2.74 bits per heavy atom. The highest BCUT2D eigenvalue weighted by atomic mass is 16.4. The van der Waals surface area contributed by atoms with E-state index in [2.05, 4.69) is 5.32 Å². The van der Waals surface area contributed by atoms with E-state index in [0.717, 1.165) is 27.9 Å². The molecule has 1 aliphatic carbocycles. The first-order valence-corrected chi connectivity index (χ1v) is 9.00. The molecule has 6 nitrogen and oxygen atoms in total. The first-order chi connectivity index (χ1) is 13.0. The van der Waals surface area contributed by atoms with Crippen molar-refractivity contribution in [2.24, 2.45) is 11.8 Å². The molecule has 0 saturated carbocycles. The second-order valence-corrected chi connectivity index (χ2v) is 7.30. The third-order valence-electron chi connectivity index (χ3n) is 5.87. The minimum atomic E-state index is -0.952. The van der Waals surface area contributed by atoms with Crippen LogP contribution >= 0.6 is 0 Å². The number of rotatable bonds is 2. The van der Waals surface area contributed by atoms with Crippen molar-refractivity contribution in [1.82, 2.24) is 9.88 Å². The van der Waals surface area contributed by atoms with Gasteiger partial charge in [-0.3, -0.25) is 0 Å². The van der Waals surface area contributed by atoms with Crippen molar-refractivity contribution in [3.8, 4) is 0 Å². The van der Waals surface area contributed by atoms with E-state index < -0.39 is 18.0 Å². The summed E-state index contributed by atoms with van der Waals surface area (Å²) in [6, 6.07) is 9.29. The van der Waals surface area contributed by atoms with Gasteiger partial charge in [-0.1, -0.05) is 30.4 Å². The zero-order chi connectivity index (χ0) is 18.7. The van der Waals surface area contributed by atoms with Crippen molar-refractivity contribution in [1.29, 1.82) is 0 Å². The summed E-state index contributed by atoms with van der Waals surface area (Å²) in [5.41, 5.74) is 3.81. The number of para-hydroxylation sites is 1. The van der Waals surface area contributed by atoms with Crippen LogP contribution in [-0.2, 0) is 9.59 Å². The third kappa shape index (κ3) is 2.26. The van der Waals surface area contributed by atoms with Crippen molar-refractivity contribution < 1.29 is 19.8 Å². The number of carboxylic acid groups (broad SMARTS) is 2. The number of nitrogens with zero attached hydrogens (tertiary/aromatic N) is 1. The van der Waals surface area contributed by atoms with Crippen LogP contribution in [-0.4, -0.2) is 32.8 Å². The van der Waals surface area contributed by atoms with Crippen molar-refractivity contribution in [2.75, 3.05) is 0 Å². The van der Waals surface area contributed by atoms with Crippen LogP contribution in [0.2, 0.25) is 0 Å². The minimum absolute atomic E-state index is 0.0425. The molecule has 3 N–H and O–H groups in total. The molecule has 0 spiro atoms. The Morgan fingerprint density at radius 2 is 1.96 bits per heavy atom. The molecule has 2 aliphatic heterocycles. The number of allylic oxidation sites excluding steroid dienone is 3. The predicted octanol–water partition coefficient (Wildman–Crippen LogP) is 2.93. The summed E-state index contributed by atoms with van der Waals surface area (Å²) in [4.78, 5) is 23.5. The van der Waals surface area contributed by atoms with Crippen molar-refractivity contribution in [3.05, 3.63) is 59.4 Å². The van der Waals surface area contributed by atoms with E-state index in [0.29, 0.717) is 18.4 Å². The van der Waals surface area contributed by atoms with E-state index in [1.807, 2.05) is 47.2 Å². The number of fused-ring (bicyclic) bond motifs is 7. The quantitative estimate of drug-likeness (QED) is 0.764. The second kappa shape index (κ2) is 5.61. The molecule has 0 bridgehead atoms. The fraction of sp³-hybridized carbons (Fsp3) is 0.238. The first-order valence-electron chi connectivity index (χ1n) is 9.00. The van der Waals surface area contributed by atoms with Gasteiger partial charge in [0.05, 0.1) is 16.8 Å². The van der Waals surface area contributed by atoms with Gasteiger partial charge in [-0.05, 0) is 36.5 Å². The topological polar surface area (TPSA) is 91.6 Å². The monoisotopic (exact) mass is 362 g/mol. The maximum Gasteiger partial charge on any atom is 0.336 e. The van der Waals surface area contributed by atoms with E-state index in [-0.39, 0.29) is 11.8 Å². The van der Waals surface area contributed by atoms with E-state index in [9.17, 15) is 19.8 Å². The Balaban J connectivity index is 1.82. The standard InChI is InChI=1S/C21H18N2O4/c24-20(25)13-6-3-5-12-14-9-15(21(26)27)22-16(14)10-23-17-7-2-1-4-11(17)8-18(23)19(12)13/h1-4,6-8,10,12,14-15,22H,5,9H2,(H,24,25)(H,26,27). The number of hydrogen-bond donors (Lipinski definition) is 3. The average Bonchev–Trinajstić information content (AvgIpc) is 3.21. The summed E-state index contributed by atoms with van der Waals surface area (Å²) < 4.78 is 2.01. The number of hydrogen-bond acceptors (Lipinski definition) is 3. The Bertz CT molecular complexity index is 1090. The van der Waals surface area contributed by atoms with Crippen molar-refractivity contribution in [2.45, 2.75) is 18.9 Å². The molecule has 1 aromatic heterocycles. The zero-order valence-electron chi connectivity index (χ0n) is 14.4. The van der Waals surface area contributed by atoms with Crippen LogP contribution < -0.4 is 5.32 Å². The fourth-order valence-corrected chi connectivity index (χ4v) is 4.71. The molecule has 1 aromatic carbocycles. The number of aliphatic carboxylic acids is 2. The molecule has 5 rings (SSSR count). The molecule has 3 aliphatic rings. The summed E-state index contributed by atoms with van der Waals surface area (Å²) in [7, 11) is 0. The smallest absolute Gasteiger partial charge is 0.336 e. The van der Waals surface area contributed by atoms with Gasteiger partial charge in [0.2, 0.25) is 0 Å². The summed E-state index contributed by atoms with van der Waals surface area (Å²) >= 11 is 0. The van der Waals surface area contributed by atoms with E-state index in [4.69, 9.17) is 0 Å². The van der Waals surface area contributed by atoms with Crippen LogP contribution in [0.25, 0.3) is 22.7 Å². The van der Waals surface area contributed by atoms with Gasteiger partial charge < -0.3 is 20.1 Å². The Labute approximate surface area is 155 Å². The molecule has 3 unspecified atom stereocenters. The summed E-state index contributed by atoms with van der Waals surface area (Å²) in [6.45, 7) is 0. The van der Waals surface area contributed by atoms with Crippen LogP contribution in [0, 0.1) is 11.8 Å². The highest BCUT2D eigenvalue weighted by molar-refractivity contribution is 6.02. The van der Waals surface area contributed by atoms with Crippen LogP contribution in [0.3, 0.4) is 0 Å². The van der Waals surface area contributed by atoms with Gasteiger partial charge in [0, 0.05) is 23.2 Å². The Morgan fingerprint density at radius 1 is 1.15 bits per heavy atom. The number of benzene rings is 1. The maximum absolute atomic E-state index is 12.0. The molecule has 136 valence electrons. The molecule has 6 heteroatoms. The summed E-state index contributed by atoms with van der Waals surface area (Å²) in [5.74, 6) is -1.93. The van der Waals surface area contributed by atoms with Gasteiger partial charge in [0.15, 0.2) is 0 Å². The van der Waals surface area contributed by atoms with Gasteiger partial charge in [-0.2, -0.15) is 0 Å². The number of carboxylic acids is 2. The molecular formula is C21H18N2O4. The molecular weight excluding hydrogens is 344 g/mol. The van der Waals surface area contributed by atoms with Crippen LogP contribution in [0.4, 0.5) is 0 Å². The lowest BCUT2D eigenvalue weighted by Crippen LogP contribution is -2.29. The molecule has 1 fully saturated rings. The molecule has 27 heavy (non-hydrogen) atoms. The van der Waals surface area contributed by atoms with E-state index >= 15 is 0 Å². The van der Waals surface area contributed by atoms with Gasteiger partial charge >= 0.3 is 11.9 Å². The minimum Gasteiger partial charge on any atom is -0.480 e. The summed E-state index contributed by atoms with van der Waals surface area (Å²) in [6.07, 6.45) is 6.68. The maximum atomic E-state index is 12.0. The fourth-order valence-electron chi connectivity index (χ4n) is 4.71. The summed E-state index contributed by atoms with van der Waals surface area (Å²) in [5, 5.41) is 23.5. The zero-order valence-corrected chi connectivity index (χ0v) is 14.4. The van der Waals surface area contributed by atoms with Crippen molar-refractivity contribution in [3.63, 3.8) is 0 Å². The molecule has 2 aromatic rings.